The lowest BCUT2D eigenvalue weighted by Crippen LogP contribution is -2.10. The van der Waals surface area contributed by atoms with Gasteiger partial charge in [0.05, 0.1) is 13.7 Å². The van der Waals surface area contributed by atoms with Gasteiger partial charge in [-0.3, -0.25) is 5.10 Å². The Morgan fingerprint density at radius 3 is 2.83 bits per heavy atom. The molecule has 0 saturated heterocycles. The summed E-state index contributed by atoms with van der Waals surface area (Å²) < 4.78 is 5.47. The Balaban J connectivity index is 1.37. The van der Waals surface area contributed by atoms with Gasteiger partial charge in [-0.1, -0.05) is 36.9 Å². The molecule has 1 saturated carbocycles. The Morgan fingerprint density at radius 1 is 1.24 bits per heavy atom. The highest BCUT2D eigenvalue weighted by molar-refractivity contribution is 5.72. The third-order valence-electron chi connectivity index (χ3n) is 4.69. The van der Waals surface area contributed by atoms with E-state index in [0.29, 0.717) is 24.2 Å². The van der Waals surface area contributed by atoms with Gasteiger partial charge in [-0.25, -0.2) is 4.98 Å². The number of nitrogens with zero attached hydrogens (tertiary/aromatic N) is 3. The molecule has 0 atom stereocenters. The van der Waals surface area contributed by atoms with E-state index >= 15 is 0 Å². The third-order valence-corrected chi connectivity index (χ3v) is 4.69. The molecular weight excluding hydrogens is 364 g/mol. The van der Waals surface area contributed by atoms with Gasteiger partial charge in [0.1, 0.15) is 11.6 Å². The van der Waals surface area contributed by atoms with Crippen LogP contribution in [0.4, 0.5) is 17.6 Å². The second-order valence-electron chi connectivity index (χ2n) is 6.93. The Bertz CT molecular complexity index is 1010. The third kappa shape index (κ3) is 5.01. The Hall–Kier alpha value is -3.61. The van der Waals surface area contributed by atoms with Crippen LogP contribution in [0.25, 0.3) is 5.57 Å². The lowest BCUT2D eigenvalue weighted by atomic mass is 10.1. The minimum absolute atomic E-state index is 0.444. The second kappa shape index (κ2) is 8.60. The summed E-state index contributed by atoms with van der Waals surface area (Å²) in [5, 5.41) is 13.8. The van der Waals surface area contributed by atoms with E-state index in [1.807, 2.05) is 42.5 Å². The lowest BCUT2D eigenvalue weighted by Gasteiger charge is -2.10. The average Bonchev–Trinajstić information content (AvgIpc) is 3.51. The number of hydrogen-bond donors (Lipinski definition) is 3. The van der Waals surface area contributed by atoms with Gasteiger partial charge in [0, 0.05) is 23.9 Å². The number of rotatable bonds is 9. The fourth-order valence-electron chi connectivity index (χ4n) is 2.93. The van der Waals surface area contributed by atoms with Gasteiger partial charge in [-0.05, 0) is 36.1 Å². The molecule has 0 bridgehead atoms. The summed E-state index contributed by atoms with van der Waals surface area (Å²) in [6, 6.07) is 13.8. The molecule has 0 radical (unpaired) electrons. The number of ether oxygens (including phenoxy) is 1. The molecule has 29 heavy (non-hydrogen) atoms. The second-order valence-corrected chi connectivity index (χ2v) is 6.93. The number of allylic oxidation sites excluding steroid dienone is 2. The van der Waals surface area contributed by atoms with Crippen molar-refractivity contribution < 1.29 is 4.74 Å². The number of nitrogens with one attached hydrogen (secondary N) is 3. The van der Waals surface area contributed by atoms with Crippen molar-refractivity contribution in [2.45, 2.75) is 18.8 Å². The van der Waals surface area contributed by atoms with E-state index in [1.165, 1.54) is 18.5 Å². The lowest BCUT2D eigenvalue weighted by molar-refractivity contribution is 0.290. The van der Waals surface area contributed by atoms with E-state index in [-0.39, 0.29) is 0 Å². The monoisotopic (exact) mass is 388 g/mol. The van der Waals surface area contributed by atoms with Crippen LogP contribution in [0.1, 0.15) is 30.0 Å². The quantitative estimate of drug-likeness (QED) is 0.370. The van der Waals surface area contributed by atoms with Crippen molar-refractivity contribution in [3.8, 4) is 0 Å². The van der Waals surface area contributed by atoms with Gasteiger partial charge in [0.2, 0.25) is 5.95 Å². The van der Waals surface area contributed by atoms with Gasteiger partial charge in [-0.2, -0.15) is 10.1 Å². The first-order valence-electron chi connectivity index (χ1n) is 9.59. The maximum Gasteiger partial charge on any atom is 0.224 e. The van der Waals surface area contributed by atoms with Crippen LogP contribution in [-0.2, 0) is 4.74 Å². The molecule has 0 unspecified atom stereocenters. The molecule has 7 heteroatoms. The summed E-state index contributed by atoms with van der Waals surface area (Å²) in [5.41, 5.74) is 3.10. The number of H-pyrrole nitrogens is 1. The van der Waals surface area contributed by atoms with Crippen molar-refractivity contribution in [1.82, 2.24) is 20.2 Å². The van der Waals surface area contributed by atoms with Crippen molar-refractivity contribution in [1.29, 1.82) is 0 Å². The molecule has 1 aliphatic carbocycles. The number of aromatic nitrogens is 4. The first-order valence-corrected chi connectivity index (χ1v) is 9.59. The highest BCUT2D eigenvalue weighted by Crippen LogP contribution is 2.39. The molecule has 1 aliphatic rings. The molecule has 3 N–H and O–H groups in total. The molecule has 0 spiro atoms. The smallest absolute Gasteiger partial charge is 0.224 e. The van der Waals surface area contributed by atoms with E-state index in [4.69, 9.17) is 4.74 Å². The Morgan fingerprint density at radius 2 is 2.07 bits per heavy atom. The van der Waals surface area contributed by atoms with Crippen LogP contribution in [0.15, 0.2) is 67.1 Å². The molecule has 1 aromatic carbocycles. The summed E-state index contributed by atoms with van der Waals surface area (Å²) in [6.45, 7) is 4.56. The number of hydrogen-bond acceptors (Lipinski definition) is 6. The summed E-state index contributed by atoms with van der Waals surface area (Å²) in [4.78, 5) is 8.76. The van der Waals surface area contributed by atoms with Crippen molar-refractivity contribution in [3.05, 3.63) is 78.3 Å². The van der Waals surface area contributed by atoms with Crippen molar-refractivity contribution in [3.63, 3.8) is 0 Å². The van der Waals surface area contributed by atoms with E-state index in [1.54, 1.807) is 19.4 Å². The van der Waals surface area contributed by atoms with Crippen LogP contribution in [0.5, 0.6) is 0 Å². The molecule has 2 aromatic heterocycles. The number of methoxy groups -OCH3 is 1. The molecule has 0 amide bonds. The molecule has 0 aliphatic heterocycles. The van der Waals surface area contributed by atoms with Crippen LogP contribution in [0.3, 0.4) is 0 Å². The van der Waals surface area contributed by atoms with Crippen LogP contribution < -0.4 is 10.6 Å². The standard InChI is InChI=1S/C22H24N6O/c1-15(16-6-4-3-5-7-16)12-18(29-2)14-24-22-23-11-10-20(26-22)25-21-13-19(27-28-21)17-8-9-17/h3-7,10-13,17H,1,8-9,14H2,2H3,(H3,23,24,25,26,27,28)/b18-12-. The maximum atomic E-state index is 5.47. The molecule has 1 fully saturated rings. The van der Waals surface area contributed by atoms with Crippen LogP contribution in [0, 0.1) is 0 Å². The van der Waals surface area contributed by atoms with Gasteiger partial charge >= 0.3 is 0 Å². The summed E-state index contributed by atoms with van der Waals surface area (Å²) in [5.74, 6) is 3.30. The summed E-state index contributed by atoms with van der Waals surface area (Å²) in [6.07, 6.45) is 6.07. The molecule has 148 valence electrons. The fourth-order valence-corrected chi connectivity index (χ4v) is 2.93. The fraction of sp³-hybridized carbons (Fsp3) is 0.227. The average molecular weight is 388 g/mol. The largest absolute Gasteiger partial charge is 0.499 e. The zero-order chi connectivity index (χ0) is 20.1. The maximum absolute atomic E-state index is 5.47. The minimum Gasteiger partial charge on any atom is -0.499 e. The van der Waals surface area contributed by atoms with Crippen molar-refractivity contribution in [2.24, 2.45) is 0 Å². The Kier molecular flexibility index (Phi) is 5.56. The van der Waals surface area contributed by atoms with Crippen LogP contribution in [-0.4, -0.2) is 33.8 Å². The predicted molar refractivity (Wildman–Crippen MR) is 115 cm³/mol. The van der Waals surface area contributed by atoms with Gasteiger partial charge in [0.15, 0.2) is 5.82 Å². The first-order chi connectivity index (χ1) is 14.2. The molecular formula is C22H24N6O. The van der Waals surface area contributed by atoms with Crippen molar-refractivity contribution >= 4 is 23.2 Å². The molecule has 3 aromatic rings. The Labute approximate surface area is 169 Å². The zero-order valence-electron chi connectivity index (χ0n) is 16.4. The van der Waals surface area contributed by atoms with Gasteiger partial charge < -0.3 is 15.4 Å². The van der Waals surface area contributed by atoms with E-state index < -0.39 is 0 Å². The van der Waals surface area contributed by atoms with Gasteiger partial charge in [-0.15, -0.1) is 0 Å². The van der Waals surface area contributed by atoms with E-state index in [9.17, 15) is 0 Å². The number of aromatic amines is 1. The SMILES string of the molecule is C=C(/C=C(/CNc1nccc(Nc2cc(C3CC3)[nH]n2)n1)OC)c1ccccc1. The summed E-state index contributed by atoms with van der Waals surface area (Å²) in [7, 11) is 1.64. The highest BCUT2D eigenvalue weighted by atomic mass is 16.5. The number of anilines is 3. The minimum atomic E-state index is 0.444. The topological polar surface area (TPSA) is 87.8 Å². The van der Waals surface area contributed by atoms with Crippen LogP contribution in [0.2, 0.25) is 0 Å². The summed E-state index contributed by atoms with van der Waals surface area (Å²) >= 11 is 0. The normalized spacial score (nSPS) is 13.8. The van der Waals surface area contributed by atoms with E-state index in [2.05, 4.69) is 37.4 Å². The number of benzene rings is 1. The first kappa shape index (κ1) is 18.7. The zero-order valence-corrected chi connectivity index (χ0v) is 16.4. The van der Waals surface area contributed by atoms with Gasteiger partial charge in [0.25, 0.3) is 0 Å². The molecule has 7 nitrogen and oxygen atoms in total. The highest BCUT2D eigenvalue weighted by Gasteiger charge is 2.25. The van der Waals surface area contributed by atoms with E-state index in [0.717, 1.165) is 22.7 Å². The predicted octanol–water partition coefficient (Wildman–Crippen LogP) is 4.48. The molecule has 4 rings (SSSR count). The molecule has 2 heterocycles. The van der Waals surface area contributed by atoms with Crippen molar-refractivity contribution in [2.75, 3.05) is 24.3 Å². The van der Waals surface area contributed by atoms with Crippen LogP contribution >= 0.6 is 0 Å².